The van der Waals surface area contributed by atoms with E-state index in [1.165, 1.54) is 9.35 Å². The minimum atomic E-state index is 0.146. The summed E-state index contributed by atoms with van der Waals surface area (Å²) < 4.78 is 6.87. The van der Waals surface area contributed by atoms with E-state index in [2.05, 4.69) is 34.3 Å². The van der Waals surface area contributed by atoms with E-state index in [4.69, 9.17) is 10.5 Å². The maximum Gasteiger partial charge on any atom is 0.0619 e. The fourth-order valence-electron chi connectivity index (χ4n) is 2.16. The molecular weight excluding hydrogens is 274 g/mol. The van der Waals surface area contributed by atoms with E-state index in [1.807, 2.05) is 0 Å². The first-order chi connectivity index (χ1) is 7.18. The predicted molar refractivity (Wildman–Crippen MR) is 67.2 cm³/mol. The average molecular weight is 290 g/mol. The van der Waals surface area contributed by atoms with Crippen molar-refractivity contribution in [3.05, 3.63) is 20.8 Å². The minimum absolute atomic E-state index is 0.146. The Balaban J connectivity index is 2.18. The number of halogens is 1. The molecule has 0 bridgehead atoms. The van der Waals surface area contributed by atoms with Gasteiger partial charge < -0.3 is 10.5 Å². The van der Waals surface area contributed by atoms with Gasteiger partial charge in [0.1, 0.15) is 0 Å². The van der Waals surface area contributed by atoms with Crippen molar-refractivity contribution in [1.29, 1.82) is 0 Å². The second kappa shape index (κ2) is 4.53. The molecule has 0 amide bonds. The van der Waals surface area contributed by atoms with E-state index in [9.17, 15) is 0 Å². The van der Waals surface area contributed by atoms with Gasteiger partial charge in [-0.1, -0.05) is 0 Å². The molecule has 2 N–H and O–H groups in total. The van der Waals surface area contributed by atoms with Gasteiger partial charge in [0.25, 0.3) is 0 Å². The van der Waals surface area contributed by atoms with Gasteiger partial charge >= 0.3 is 0 Å². The maximum absolute atomic E-state index is 5.94. The van der Waals surface area contributed by atoms with Crippen molar-refractivity contribution in [1.82, 2.24) is 0 Å². The molecule has 1 aromatic heterocycles. The number of hydrogen-bond acceptors (Lipinski definition) is 3. The van der Waals surface area contributed by atoms with E-state index in [1.54, 1.807) is 11.3 Å². The highest BCUT2D eigenvalue weighted by Gasteiger charge is 2.40. The van der Waals surface area contributed by atoms with Gasteiger partial charge in [-0.15, -0.1) is 11.3 Å². The van der Waals surface area contributed by atoms with E-state index in [-0.39, 0.29) is 11.5 Å². The third kappa shape index (κ3) is 2.13. The summed E-state index contributed by atoms with van der Waals surface area (Å²) in [5.74, 6) is 0. The summed E-state index contributed by atoms with van der Waals surface area (Å²) in [6, 6.07) is 2.10. The molecule has 2 rings (SSSR count). The van der Waals surface area contributed by atoms with E-state index >= 15 is 0 Å². The Hall–Kier alpha value is 0.100. The van der Waals surface area contributed by atoms with Crippen LogP contribution in [0, 0.1) is 5.41 Å². The van der Waals surface area contributed by atoms with Gasteiger partial charge in [0, 0.05) is 27.9 Å². The average Bonchev–Trinajstić information content (AvgIpc) is 2.77. The van der Waals surface area contributed by atoms with Crippen LogP contribution in [0.1, 0.15) is 18.2 Å². The fourth-order valence-corrected chi connectivity index (χ4v) is 3.81. The summed E-state index contributed by atoms with van der Waals surface area (Å²) in [5, 5.41) is 2.12. The zero-order valence-electron chi connectivity index (χ0n) is 8.83. The molecular formula is C11H16BrNOS. The largest absolute Gasteiger partial charge is 0.378 e. The van der Waals surface area contributed by atoms with Crippen LogP contribution >= 0.6 is 27.3 Å². The Morgan fingerprint density at radius 1 is 1.73 bits per heavy atom. The minimum Gasteiger partial charge on any atom is -0.378 e. The second-order valence-electron chi connectivity index (χ2n) is 4.20. The standard InChI is InChI=1S/C11H16BrNOS/c1-8-11(7-13,3-4-14-8)6-10-9(12)2-5-15-10/h2,5,8H,3-4,6-7,13H2,1H3. The molecule has 0 radical (unpaired) electrons. The van der Waals surface area contributed by atoms with Crippen LogP contribution in [0.4, 0.5) is 0 Å². The topological polar surface area (TPSA) is 35.2 Å². The molecule has 84 valence electrons. The summed E-state index contributed by atoms with van der Waals surface area (Å²) in [4.78, 5) is 1.39. The summed E-state index contributed by atoms with van der Waals surface area (Å²) in [7, 11) is 0. The van der Waals surface area contributed by atoms with Gasteiger partial charge in [-0.25, -0.2) is 0 Å². The van der Waals surface area contributed by atoms with Crippen LogP contribution in [-0.2, 0) is 11.2 Å². The van der Waals surface area contributed by atoms with Crippen molar-refractivity contribution in [2.75, 3.05) is 13.2 Å². The Labute approximate surface area is 103 Å². The van der Waals surface area contributed by atoms with Crippen LogP contribution in [0.3, 0.4) is 0 Å². The molecule has 2 atom stereocenters. The SMILES string of the molecule is CC1OCCC1(CN)Cc1sccc1Br. The molecule has 1 aliphatic heterocycles. The molecule has 2 unspecified atom stereocenters. The second-order valence-corrected chi connectivity index (χ2v) is 6.05. The van der Waals surface area contributed by atoms with Crippen LogP contribution in [0.2, 0.25) is 0 Å². The number of ether oxygens (including phenoxy) is 1. The highest BCUT2D eigenvalue weighted by atomic mass is 79.9. The first-order valence-corrected chi connectivity index (χ1v) is 6.89. The van der Waals surface area contributed by atoms with E-state index < -0.39 is 0 Å². The quantitative estimate of drug-likeness (QED) is 0.929. The van der Waals surface area contributed by atoms with Crippen LogP contribution in [0.15, 0.2) is 15.9 Å². The zero-order valence-corrected chi connectivity index (χ0v) is 11.2. The summed E-state index contributed by atoms with van der Waals surface area (Å²) in [6.45, 7) is 3.70. The monoisotopic (exact) mass is 289 g/mol. The highest BCUT2D eigenvalue weighted by Crippen LogP contribution is 2.40. The summed E-state index contributed by atoms with van der Waals surface area (Å²) in [5.41, 5.74) is 6.08. The van der Waals surface area contributed by atoms with Gasteiger partial charge in [-0.05, 0) is 47.1 Å². The first kappa shape index (κ1) is 11.6. The smallest absolute Gasteiger partial charge is 0.0619 e. The van der Waals surface area contributed by atoms with Crippen LogP contribution in [-0.4, -0.2) is 19.3 Å². The number of thiophene rings is 1. The lowest BCUT2D eigenvalue weighted by Gasteiger charge is -2.30. The lowest BCUT2D eigenvalue weighted by molar-refractivity contribution is 0.0677. The predicted octanol–water partition coefficient (Wildman–Crippen LogP) is 2.81. The molecule has 1 fully saturated rings. The van der Waals surface area contributed by atoms with Crippen LogP contribution in [0.25, 0.3) is 0 Å². The van der Waals surface area contributed by atoms with E-state index in [0.29, 0.717) is 6.54 Å². The Morgan fingerprint density at radius 3 is 3.00 bits per heavy atom. The van der Waals surface area contributed by atoms with Crippen molar-refractivity contribution in [3.63, 3.8) is 0 Å². The molecule has 15 heavy (non-hydrogen) atoms. The maximum atomic E-state index is 5.94. The first-order valence-electron chi connectivity index (χ1n) is 5.21. The molecule has 0 aliphatic carbocycles. The normalized spacial score (nSPS) is 31.0. The van der Waals surface area contributed by atoms with Crippen molar-refractivity contribution >= 4 is 27.3 Å². The zero-order chi connectivity index (χ0) is 10.9. The highest BCUT2D eigenvalue weighted by molar-refractivity contribution is 9.10. The van der Waals surface area contributed by atoms with Gasteiger partial charge in [0.15, 0.2) is 0 Å². The molecule has 4 heteroatoms. The number of rotatable bonds is 3. The molecule has 2 nitrogen and oxygen atoms in total. The van der Waals surface area contributed by atoms with Crippen LogP contribution < -0.4 is 5.73 Å². The Morgan fingerprint density at radius 2 is 2.53 bits per heavy atom. The van der Waals surface area contributed by atoms with Gasteiger partial charge in [0.05, 0.1) is 6.10 Å². The molecule has 2 heterocycles. The van der Waals surface area contributed by atoms with E-state index in [0.717, 1.165) is 19.4 Å². The molecule has 1 saturated heterocycles. The van der Waals surface area contributed by atoms with Gasteiger partial charge in [-0.3, -0.25) is 0 Å². The Bertz CT molecular complexity index is 341. The third-order valence-corrected chi connectivity index (χ3v) is 5.37. The molecule has 1 aliphatic rings. The van der Waals surface area contributed by atoms with Gasteiger partial charge in [0.2, 0.25) is 0 Å². The summed E-state index contributed by atoms with van der Waals surface area (Å²) >= 11 is 5.37. The molecule has 0 saturated carbocycles. The lowest BCUT2D eigenvalue weighted by Crippen LogP contribution is -2.38. The van der Waals surface area contributed by atoms with Gasteiger partial charge in [-0.2, -0.15) is 0 Å². The molecule has 1 aromatic rings. The fraction of sp³-hybridized carbons (Fsp3) is 0.636. The van der Waals surface area contributed by atoms with Crippen molar-refractivity contribution in [2.45, 2.75) is 25.9 Å². The Kier molecular flexibility index (Phi) is 3.50. The lowest BCUT2D eigenvalue weighted by atomic mass is 9.78. The van der Waals surface area contributed by atoms with Crippen molar-refractivity contribution in [3.8, 4) is 0 Å². The number of nitrogens with two attached hydrogens (primary N) is 1. The number of hydrogen-bond donors (Lipinski definition) is 1. The summed E-state index contributed by atoms with van der Waals surface area (Å²) in [6.07, 6.45) is 2.38. The van der Waals surface area contributed by atoms with Crippen molar-refractivity contribution in [2.24, 2.45) is 11.1 Å². The van der Waals surface area contributed by atoms with Crippen molar-refractivity contribution < 1.29 is 4.74 Å². The third-order valence-electron chi connectivity index (χ3n) is 3.44. The van der Waals surface area contributed by atoms with Crippen LogP contribution in [0.5, 0.6) is 0 Å². The molecule has 0 aromatic carbocycles. The molecule has 0 spiro atoms.